The van der Waals surface area contributed by atoms with E-state index in [9.17, 15) is 0 Å². The minimum absolute atomic E-state index is 0.829. The molecule has 0 radical (unpaired) electrons. The first kappa shape index (κ1) is 5.93. The summed E-state index contributed by atoms with van der Waals surface area (Å²) in [5.41, 5.74) is 2.18. The van der Waals surface area contributed by atoms with Crippen molar-refractivity contribution in [2.75, 3.05) is 0 Å². The van der Waals surface area contributed by atoms with E-state index in [4.69, 9.17) is 11.6 Å². The van der Waals surface area contributed by atoms with E-state index in [1.54, 1.807) is 0 Å². The van der Waals surface area contributed by atoms with Gasteiger partial charge in [0.2, 0.25) is 0 Å². The van der Waals surface area contributed by atoms with Gasteiger partial charge in [0, 0.05) is 23.2 Å². The van der Waals surface area contributed by atoms with Gasteiger partial charge in [0.1, 0.15) is 0 Å². The molecule has 1 aliphatic rings. The lowest BCUT2D eigenvalue weighted by Gasteiger charge is -1.97. The van der Waals surface area contributed by atoms with Crippen LogP contribution in [0.15, 0.2) is 23.2 Å². The normalized spacial score (nSPS) is 13.7. The Hall–Kier alpha value is -0.820. The van der Waals surface area contributed by atoms with Crippen molar-refractivity contribution in [3.8, 4) is 0 Å². The van der Waals surface area contributed by atoms with E-state index >= 15 is 0 Å². The van der Waals surface area contributed by atoms with E-state index in [-0.39, 0.29) is 0 Å². The van der Waals surface area contributed by atoms with Gasteiger partial charge in [0.15, 0.2) is 0 Å². The first-order valence-corrected chi connectivity index (χ1v) is 3.55. The molecular formula is C8H6ClN. The molecule has 1 aromatic rings. The molecule has 0 spiro atoms. The maximum absolute atomic E-state index is 5.89. The molecule has 0 bridgehead atoms. The number of hydrogen-bond donors (Lipinski definition) is 0. The fourth-order valence-electron chi connectivity index (χ4n) is 1.11. The molecule has 0 aliphatic carbocycles. The topological polar surface area (TPSA) is 12.4 Å². The zero-order valence-corrected chi connectivity index (χ0v) is 6.10. The van der Waals surface area contributed by atoms with Crippen molar-refractivity contribution in [3.63, 3.8) is 0 Å². The zero-order valence-electron chi connectivity index (χ0n) is 5.34. The van der Waals surface area contributed by atoms with Gasteiger partial charge in [0.05, 0.1) is 5.69 Å². The maximum atomic E-state index is 5.89. The quantitative estimate of drug-likeness (QED) is 0.541. The third kappa shape index (κ3) is 0.745. The molecule has 0 atom stereocenters. The second-order valence-corrected chi connectivity index (χ2v) is 2.66. The Bertz CT molecular complexity index is 291. The summed E-state index contributed by atoms with van der Waals surface area (Å²) in [6.45, 7) is 0. The van der Waals surface area contributed by atoms with Crippen LogP contribution < -0.4 is 0 Å². The van der Waals surface area contributed by atoms with Gasteiger partial charge in [-0.2, -0.15) is 0 Å². The second kappa shape index (κ2) is 2.10. The monoisotopic (exact) mass is 151 g/mol. The van der Waals surface area contributed by atoms with E-state index in [0.29, 0.717) is 0 Å². The Morgan fingerprint density at radius 3 is 3.10 bits per heavy atom. The van der Waals surface area contributed by atoms with Crippen LogP contribution in [0.3, 0.4) is 0 Å². The second-order valence-electron chi connectivity index (χ2n) is 2.25. The van der Waals surface area contributed by atoms with Crippen LogP contribution in [0.4, 0.5) is 5.69 Å². The smallest absolute Gasteiger partial charge is 0.0676 e. The molecule has 0 aromatic heterocycles. The predicted molar refractivity (Wildman–Crippen MR) is 43.3 cm³/mol. The first-order valence-electron chi connectivity index (χ1n) is 3.18. The number of halogens is 1. The molecule has 0 N–H and O–H groups in total. The van der Waals surface area contributed by atoms with Crippen molar-refractivity contribution < 1.29 is 0 Å². The highest BCUT2D eigenvalue weighted by Crippen LogP contribution is 2.29. The number of fused-ring (bicyclic) bond motifs is 1. The van der Waals surface area contributed by atoms with Crippen molar-refractivity contribution in [2.45, 2.75) is 6.42 Å². The maximum Gasteiger partial charge on any atom is 0.0676 e. The van der Waals surface area contributed by atoms with Crippen LogP contribution in [0.2, 0.25) is 5.02 Å². The molecule has 1 heterocycles. The molecule has 2 rings (SSSR count). The minimum Gasteiger partial charge on any atom is -0.261 e. The molecule has 50 valence electrons. The summed E-state index contributed by atoms with van der Waals surface area (Å²) in [5.74, 6) is 0. The highest BCUT2D eigenvalue weighted by atomic mass is 35.5. The van der Waals surface area contributed by atoms with E-state index in [0.717, 1.165) is 22.7 Å². The summed E-state index contributed by atoms with van der Waals surface area (Å²) in [6, 6.07) is 5.80. The first-order chi connectivity index (χ1) is 4.88. The van der Waals surface area contributed by atoms with Gasteiger partial charge in [-0.15, -0.1) is 0 Å². The Labute approximate surface area is 64.4 Å². The van der Waals surface area contributed by atoms with Gasteiger partial charge in [-0.05, 0) is 12.1 Å². The zero-order chi connectivity index (χ0) is 6.97. The summed E-state index contributed by atoms with van der Waals surface area (Å²) >= 11 is 5.89. The Kier molecular flexibility index (Phi) is 1.24. The van der Waals surface area contributed by atoms with Crippen molar-refractivity contribution >= 4 is 23.5 Å². The number of aliphatic imine (C=N–C) groups is 1. The van der Waals surface area contributed by atoms with Crippen LogP contribution >= 0.6 is 11.6 Å². The average molecular weight is 152 g/mol. The summed E-state index contributed by atoms with van der Waals surface area (Å²) in [7, 11) is 0. The molecule has 0 saturated carbocycles. The highest BCUT2D eigenvalue weighted by molar-refractivity contribution is 6.32. The van der Waals surface area contributed by atoms with E-state index in [1.807, 2.05) is 24.4 Å². The number of rotatable bonds is 0. The summed E-state index contributed by atoms with van der Waals surface area (Å²) < 4.78 is 0. The molecule has 1 aliphatic heterocycles. The Morgan fingerprint density at radius 2 is 2.30 bits per heavy atom. The van der Waals surface area contributed by atoms with Gasteiger partial charge < -0.3 is 0 Å². The molecule has 1 nitrogen and oxygen atoms in total. The van der Waals surface area contributed by atoms with Crippen LogP contribution in [0.25, 0.3) is 0 Å². The van der Waals surface area contributed by atoms with Gasteiger partial charge in [-0.1, -0.05) is 17.7 Å². The van der Waals surface area contributed by atoms with Crippen molar-refractivity contribution in [3.05, 3.63) is 28.8 Å². The van der Waals surface area contributed by atoms with Crippen molar-refractivity contribution in [1.29, 1.82) is 0 Å². The van der Waals surface area contributed by atoms with Gasteiger partial charge in [-0.3, -0.25) is 4.99 Å². The van der Waals surface area contributed by atoms with Crippen LogP contribution in [0.1, 0.15) is 5.56 Å². The van der Waals surface area contributed by atoms with Crippen molar-refractivity contribution in [1.82, 2.24) is 0 Å². The Morgan fingerprint density at radius 1 is 1.40 bits per heavy atom. The van der Waals surface area contributed by atoms with E-state index in [2.05, 4.69) is 4.99 Å². The molecule has 1 aromatic carbocycles. The molecule has 0 saturated heterocycles. The van der Waals surface area contributed by atoms with Crippen LogP contribution in [0, 0.1) is 0 Å². The SMILES string of the molecule is Clc1cccc2c1CC=N2. The molecule has 0 amide bonds. The van der Waals surface area contributed by atoms with Crippen LogP contribution in [-0.2, 0) is 6.42 Å². The average Bonchev–Trinajstić information content (AvgIpc) is 2.36. The lowest BCUT2D eigenvalue weighted by molar-refractivity contribution is 1.41. The lowest BCUT2D eigenvalue weighted by Crippen LogP contribution is -1.79. The number of hydrogen-bond acceptors (Lipinski definition) is 1. The van der Waals surface area contributed by atoms with Crippen molar-refractivity contribution in [2.24, 2.45) is 4.99 Å². The fourth-order valence-corrected chi connectivity index (χ4v) is 1.35. The van der Waals surface area contributed by atoms with Crippen LogP contribution in [-0.4, -0.2) is 6.21 Å². The lowest BCUT2D eigenvalue weighted by atomic mass is 10.2. The summed E-state index contributed by atoms with van der Waals surface area (Å²) in [6.07, 6.45) is 2.77. The van der Waals surface area contributed by atoms with E-state index < -0.39 is 0 Å². The molecule has 2 heteroatoms. The summed E-state index contributed by atoms with van der Waals surface area (Å²) in [4.78, 5) is 4.15. The molecular weight excluding hydrogens is 146 g/mol. The molecule has 0 unspecified atom stereocenters. The molecule has 10 heavy (non-hydrogen) atoms. The summed E-state index contributed by atoms with van der Waals surface area (Å²) in [5, 5.41) is 0.829. The predicted octanol–water partition coefficient (Wildman–Crippen LogP) is 2.60. The highest BCUT2D eigenvalue weighted by Gasteiger charge is 2.08. The van der Waals surface area contributed by atoms with Gasteiger partial charge >= 0.3 is 0 Å². The third-order valence-electron chi connectivity index (χ3n) is 1.62. The Balaban J connectivity index is 2.66. The van der Waals surface area contributed by atoms with Gasteiger partial charge in [0.25, 0.3) is 0 Å². The van der Waals surface area contributed by atoms with E-state index in [1.165, 1.54) is 0 Å². The fraction of sp³-hybridized carbons (Fsp3) is 0.125. The number of nitrogens with zero attached hydrogens (tertiary/aromatic N) is 1. The standard InChI is InChI=1S/C8H6ClN/c9-7-2-1-3-8-6(7)4-5-10-8/h1-3,5H,4H2. The largest absolute Gasteiger partial charge is 0.261 e. The minimum atomic E-state index is 0.829. The van der Waals surface area contributed by atoms with Crippen LogP contribution in [0.5, 0.6) is 0 Å². The van der Waals surface area contributed by atoms with Gasteiger partial charge in [-0.25, -0.2) is 0 Å². The number of benzene rings is 1. The third-order valence-corrected chi connectivity index (χ3v) is 1.97. The molecule has 0 fully saturated rings.